The molecule has 1 rings (SSSR count). The number of hydrogen-bond donors (Lipinski definition) is 0. The molecule has 0 aromatic carbocycles. The maximum atomic E-state index is 10.5. The summed E-state index contributed by atoms with van der Waals surface area (Å²) in [6.07, 6.45) is 5.01. The third kappa shape index (κ3) is 2.22. The Morgan fingerprint density at radius 3 is 2.82 bits per heavy atom. The van der Waals surface area contributed by atoms with Crippen LogP contribution in [0.1, 0.15) is 19.4 Å². The number of rotatable bonds is 3. The molecule has 1 aromatic heterocycles. The molecule has 0 amide bonds. The first-order chi connectivity index (χ1) is 5.14. The van der Waals surface area contributed by atoms with Crippen LogP contribution in [0.5, 0.6) is 0 Å². The Kier molecular flexibility index (Phi) is 2.13. The van der Waals surface area contributed by atoms with Crippen molar-refractivity contribution in [3.63, 3.8) is 0 Å². The molecular weight excluding hydrogens is 140 g/mol. The van der Waals surface area contributed by atoms with Gasteiger partial charge in [0.05, 0.1) is 12.5 Å². The molecule has 0 aliphatic heterocycles. The number of aldehydes is 1. The minimum atomic E-state index is -0.274. The molecular formula is C9H12O2. The Balaban J connectivity index is 2.63. The van der Waals surface area contributed by atoms with E-state index in [1.807, 2.05) is 19.9 Å². The van der Waals surface area contributed by atoms with Gasteiger partial charge in [-0.05, 0) is 18.1 Å². The van der Waals surface area contributed by atoms with Crippen molar-refractivity contribution in [1.82, 2.24) is 0 Å². The van der Waals surface area contributed by atoms with E-state index in [9.17, 15) is 4.79 Å². The number of furan rings is 1. The third-order valence-electron chi connectivity index (χ3n) is 1.56. The maximum absolute atomic E-state index is 10.5. The van der Waals surface area contributed by atoms with Crippen LogP contribution in [0.4, 0.5) is 0 Å². The molecule has 0 aliphatic rings. The topological polar surface area (TPSA) is 30.2 Å². The Bertz CT molecular complexity index is 222. The van der Waals surface area contributed by atoms with Gasteiger partial charge in [-0.3, -0.25) is 0 Å². The zero-order valence-electron chi connectivity index (χ0n) is 6.83. The van der Waals surface area contributed by atoms with Crippen LogP contribution in [0.25, 0.3) is 0 Å². The molecule has 0 radical (unpaired) electrons. The Morgan fingerprint density at radius 1 is 1.64 bits per heavy atom. The van der Waals surface area contributed by atoms with Crippen molar-refractivity contribution in [1.29, 1.82) is 0 Å². The predicted octanol–water partition coefficient (Wildman–Crippen LogP) is 2.05. The summed E-state index contributed by atoms with van der Waals surface area (Å²) in [7, 11) is 0. The lowest BCUT2D eigenvalue weighted by molar-refractivity contribution is -0.114. The second-order valence-corrected chi connectivity index (χ2v) is 3.41. The molecule has 2 nitrogen and oxygen atoms in total. The van der Waals surface area contributed by atoms with Crippen molar-refractivity contribution in [3.05, 3.63) is 24.2 Å². The standard InChI is InChI=1S/C9H12O2/c1-9(2,7-10)5-8-3-4-11-6-8/h3-4,6-7H,5H2,1-2H3. The molecule has 0 saturated heterocycles. The molecule has 11 heavy (non-hydrogen) atoms. The molecule has 1 heterocycles. The van der Waals surface area contributed by atoms with E-state index in [0.717, 1.165) is 18.3 Å². The molecule has 2 heteroatoms. The van der Waals surface area contributed by atoms with Crippen LogP contribution in [-0.2, 0) is 11.2 Å². The van der Waals surface area contributed by atoms with Crippen molar-refractivity contribution >= 4 is 6.29 Å². The molecule has 0 atom stereocenters. The summed E-state index contributed by atoms with van der Waals surface area (Å²) in [6, 6.07) is 1.88. The number of carbonyl (C=O) groups excluding carboxylic acids is 1. The van der Waals surface area contributed by atoms with Gasteiger partial charge in [0.25, 0.3) is 0 Å². The molecule has 0 bridgehead atoms. The lowest BCUT2D eigenvalue weighted by atomic mass is 9.89. The van der Waals surface area contributed by atoms with Gasteiger partial charge in [-0.15, -0.1) is 0 Å². The third-order valence-corrected chi connectivity index (χ3v) is 1.56. The van der Waals surface area contributed by atoms with E-state index in [1.165, 1.54) is 0 Å². The van der Waals surface area contributed by atoms with Gasteiger partial charge >= 0.3 is 0 Å². The summed E-state index contributed by atoms with van der Waals surface area (Å²) in [5, 5.41) is 0. The minimum absolute atomic E-state index is 0.274. The van der Waals surface area contributed by atoms with Gasteiger partial charge in [0.1, 0.15) is 6.29 Å². The van der Waals surface area contributed by atoms with Crippen LogP contribution in [-0.4, -0.2) is 6.29 Å². The van der Waals surface area contributed by atoms with Crippen molar-refractivity contribution in [2.45, 2.75) is 20.3 Å². The highest BCUT2D eigenvalue weighted by atomic mass is 16.3. The lowest BCUT2D eigenvalue weighted by Crippen LogP contribution is -2.15. The summed E-state index contributed by atoms with van der Waals surface area (Å²) < 4.78 is 4.89. The van der Waals surface area contributed by atoms with Gasteiger partial charge < -0.3 is 9.21 Å². The van der Waals surface area contributed by atoms with E-state index >= 15 is 0 Å². The summed E-state index contributed by atoms with van der Waals surface area (Å²) in [5.41, 5.74) is 0.797. The lowest BCUT2D eigenvalue weighted by Gasteiger charge is -2.14. The quantitative estimate of drug-likeness (QED) is 0.620. The van der Waals surface area contributed by atoms with Crippen LogP contribution in [0.3, 0.4) is 0 Å². The molecule has 0 N–H and O–H groups in total. The smallest absolute Gasteiger partial charge is 0.125 e. The van der Waals surface area contributed by atoms with Gasteiger partial charge in [0.2, 0.25) is 0 Å². The van der Waals surface area contributed by atoms with Crippen LogP contribution >= 0.6 is 0 Å². The van der Waals surface area contributed by atoms with Crippen molar-refractivity contribution < 1.29 is 9.21 Å². The second kappa shape index (κ2) is 2.91. The molecule has 0 saturated carbocycles. The monoisotopic (exact) mass is 152 g/mol. The fourth-order valence-electron chi connectivity index (χ4n) is 0.961. The highest BCUT2D eigenvalue weighted by Crippen LogP contribution is 2.18. The van der Waals surface area contributed by atoms with Crippen LogP contribution in [0, 0.1) is 5.41 Å². The van der Waals surface area contributed by atoms with E-state index < -0.39 is 0 Å². The maximum Gasteiger partial charge on any atom is 0.125 e. The average molecular weight is 152 g/mol. The van der Waals surface area contributed by atoms with Gasteiger partial charge in [0, 0.05) is 5.41 Å². The molecule has 0 fully saturated rings. The van der Waals surface area contributed by atoms with E-state index in [0.29, 0.717) is 0 Å². The SMILES string of the molecule is CC(C)(C=O)Cc1ccoc1. The molecule has 0 aliphatic carbocycles. The highest BCUT2D eigenvalue weighted by molar-refractivity contribution is 5.58. The average Bonchev–Trinajstić information content (AvgIpc) is 2.39. The second-order valence-electron chi connectivity index (χ2n) is 3.41. The fraction of sp³-hybridized carbons (Fsp3) is 0.444. The fourth-order valence-corrected chi connectivity index (χ4v) is 0.961. The van der Waals surface area contributed by atoms with Crippen molar-refractivity contribution in [2.75, 3.05) is 0 Å². The first-order valence-electron chi connectivity index (χ1n) is 3.61. The van der Waals surface area contributed by atoms with E-state index in [2.05, 4.69) is 0 Å². The zero-order valence-corrected chi connectivity index (χ0v) is 6.83. The first kappa shape index (κ1) is 8.05. The van der Waals surface area contributed by atoms with Crippen molar-refractivity contribution in [3.8, 4) is 0 Å². The van der Waals surface area contributed by atoms with E-state index in [1.54, 1.807) is 12.5 Å². The number of carbonyl (C=O) groups is 1. The molecule has 60 valence electrons. The normalized spacial score (nSPS) is 11.5. The van der Waals surface area contributed by atoms with Gasteiger partial charge in [-0.25, -0.2) is 0 Å². The Hall–Kier alpha value is -1.05. The number of hydrogen-bond acceptors (Lipinski definition) is 2. The molecule has 0 unspecified atom stereocenters. The van der Waals surface area contributed by atoms with Gasteiger partial charge in [-0.1, -0.05) is 13.8 Å². The zero-order chi connectivity index (χ0) is 8.32. The first-order valence-corrected chi connectivity index (χ1v) is 3.61. The largest absolute Gasteiger partial charge is 0.472 e. The Labute approximate surface area is 66.2 Å². The molecule has 0 spiro atoms. The van der Waals surface area contributed by atoms with E-state index in [4.69, 9.17) is 4.42 Å². The summed E-state index contributed by atoms with van der Waals surface area (Å²) in [6.45, 7) is 3.82. The van der Waals surface area contributed by atoms with Crippen LogP contribution in [0.15, 0.2) is 23.0 Å². The van der Waals surface area contributed by atoms with Gasteiger partial charge in [-0.2, -0.15) is 0 Å². The summed E-state index contributed by atoms with van der Waals surface area (Å²) in [4.78, 5) is 10.5. The highest BCUT2D eigenvalue weighted by Gasteiger charge is 2.17. The van der Waals surface area contributed by atoms with Crippen LogP contribution in [0.2, 0.25) is 0 Å². The minimum Gasteiger partial charge on any atom is -0.472 e. The van der Waals surface area contributed by atoms with Crippen LogP contribution < -0.4 is 0 Å². The molecule has 1 aromatic rings. The van der Waals surface area contributed by atoms with Crippen molar-refractivity contribution in [2.24, 2.45) is 5.41 Å². The summed E-state index contributed by atoms with van der Waals surface area (Å²) >= 11 is 0. The summed E-state index contributed by atoms with van der Waals surface area (Å²) in [5.74, 6) is 0. The van der Waals surface area contributed by atoms with E-state index in [-0.39, 0.29) is 5.41 Å². The Morgan fingerprint density at radius 2 is 2.36 bits per heavy atom. The predicted molar refractivity (Wildman–Crippen MR) is 42.3 cm³/mol. The van der Waals surface area contributed by atoms with Gasteiger partial charge in [0.15, 0.2) is 0 Å².